The molecule has 3 aromatic rings. The highest BCUT2D eigenvalue weighted by Gasteiger charge is 2.40. The van der Waals surface area contributed by atoms with Crippen LogP contribution < -0.4 is 5.73 Å². The van der Waals surface area contributed by atoms with Gasteiger partial charge in [0.2, 0.25) is 5.91 Å². The van der Waals surface area contributed by atoms with Crippen molar-refractivity contribution in [2.75, 3.05) is 0 Å². The van der Waals surface area contributed by atoms with Gasteiger partial charge in [0.05, 0.1) is 6.04 Å². The molecular formula is C24H22ClN3O2. The fourth-order valence-corrected chi connectivity index (χ4v) is 4.39. The van der Waals surface area contributed by atoms with E-state index in [1.54, 1.807) is 17.2 Å². The number of pyridine rings is 1. The third kappa shape index (κ3) is 3.68. The number of rotatable bonds is 5. The van der Waals surface area contributed by atoms with Gasteiger partial charge in [-0.25, -0.2) is 0 Å². The van der Waals surface area contributed by atoms with E-state index in [2.05, 4.69) is 4.98 Å². The molecule has 6 heteroatoms. The molecule has 0 unspecified atom stereocenters. The van der Waals surface area contributed by atoms with E-state index < -0.39 is 11.9 Å². The standard InChI is InChI=1S/C24H22ClN3O2/c1-15-6-5-13-27-21(15)24(30)28(22(23(26)29)17-7-3-2-4-8-17)20-12-10-16-9-11-18(25)14-19(16)20/h2-9,11,13-14,20,22H,10,12H2,1H3,(H2,26,29)/t20-,22-/m1/s1. The fraction of sp³-hybridized carbons (Fsp3) is 0.208. The third-order valence-electron chi connectivity index (χ3n) is 5.60. The number of aryl methyl sites for hydroxylation is 2. The summed E-state index contributed by atoms with van der Waals surface area (Å²) in [4.78, 5) is 32.4. The number of benzene rings is 2. The monoisotopic (exact) mass is 419 g/mol. The van der Waals surface area contributed by atoms with Gasteiger partial charge in [0.1, 0.15) is 11.7 Å². The van der Waals surface area contributed by atoms with Crippen LogP contribution in [0.5, 0.6) is 0 Å². The summed E-state index contributed by atoms with van der Waals surface area (Å²) in [6.07, 6.45) is 3.06. The second-order valence-corrected chi connectivity index (χ2v) is 7.93. The molecule has 5 nitrogen and oxygen atoms in total. The lowest BCUT2D eigenvalue weighted by Gasteiger charge is -2.35. The van der Waals surface area contributed by atoms with E-state index in [0.29, 0.717) is 22.7 Å². The van der Waals surface area contributed by atoms with Gasteiger partial charge >= 0.3 is 0 Å². The van der Waals surface area contributed by atoms with Crippen LogP contribution in [0.2, 0.25) is 5.02 Å². The molecule has 2 N–H and O–H groups in total. The average Bonchev–Trinajstić information content (AvgIpc) is 3.14. The Hall–Kier alpha value is -3.18. The number of hydrogen-bond donors (Lipinski definition) is 1. The van der Waals surface area contributed by atoms with Crippen LogP contribution in [0.15, 0.2) is 66.9 Å². The second-order valence-electron chi connectivity index (χ2n) is 7.49. The first kappa shape index (κ1) is 20.1. The molecule has 0 fully saturated rings. The minimum absolute atomic E-state index is 0.315. The summed E-state index contributed by atoms with van der Waals surface area (Å²) in [6.45, 7) is 1.83. The Balaban J connectivity index is 1.88. The number of carbonyl (C=O) groups excluding carboxylic acids is 2. The van der Waals surface area contributed by atoms with Crippen molar-refractivity contribution in [2.45, 2.75) is 31.8 Å². The summed E-state index contributed by atoms with van der Waals surface area (Å²) in [5.41, 5.74) is 9.66. The molecule has 0 aliphatic heterocycles. The number of amides is 2. The summed E-state index contributed by atoms with van der Waals surface area (Å²) in [5, 5.41) is 0.595. The van der Waals surface area contributed by atoms with Crippen molar-refractivity contribution in [1.29, 1.82) is 0 Å². The number of halogens is 1. The third-order valence-corrected chi connectivity index (χ3v) is 5.83. The van der Waals surface area contributed by atoms with Gasteiger partial charge in [-0.15, -0.1) is 0 Å². The molecule has 1 aliphatic carbocycles. The Labute approximate surface area is 180 Å². The zero-order valence-electron chi connectivity index (χ0n) is 16.6. The van der Waals surface area contributed by atoms with Gasteiger partial charge in [-0.2, -0.15) is 0 Å². The maximum absolute atomic E-state index is 13.8. The van der Waals surface area contributed by atoms with Gasteiger partial charge in [0.15, 0.2) is 0 Å². The predicted octanol–water partition coefficient (Wildman–Crippen LogP) is 4.40. The molecule has 2 aromatic carbocycles. The highest BCUT2D eigenvalue weighted by Crippen LogP contribution is 2.42. The number of carbonyl (C=O) groups is 2. The number of hydrogen-bond acceptors (Lipinski definition) is 3. The summed E-state index contributed by atoms with van der Waals surface area (Å²) in [5.74, 6) is -0.905. The lowest BCUT2D eigenvalue weighted by Crippen LogP contribution is -2.44. The number of fused-ring (bicyclic) bond motifs is 1. The molecule has 2 amide bonds. The van der Waals surface area contributed by atoms with Gasteiger partial charge < -0.3 is 10.6 Å². The number of aromatic nitrogens is 1. The normalized spacial score (nSPS) is 16.0. The van der Waals surface area contributed by atoms with E-state index in [9.17, 15) is 9.59 Å². The van der Waals surface area contributed by atoms with Crippen molar-refractivity contribution in [3.8, 4) is 0 Å². The first-order valence-corrected chi connectivity index (χ1v) is 10.2. The predicted molar refractivity (Wildman–Crippen MR) is 116 cm³/mol. The van der Waals surface area contributed by atoms with E-state index in [0.717, 1.165) is 23.1 Å². The average molecular weight is 420 g/mol. The van der Waals surface area contributed by atoms with Crippen LogP contribution in [0.25, 0.3) is 0 Å². The van der Waals surface area contributed by atoms with Gasteiger partial charge in [0.25, 0.3) is 5.91 Å². The van der Waals surface area contributed by atoms with Crippen LogP contribution in [-0.4, -0.2) is 21.7 Å². The highest BCUT2D eigenvalue weighted by atomic mass is 35.5. The largest absolute Gasteiger partial charge is 0.368 e. The minimum atomic E-state index is -0.921. The van der Waals surface area contributed by atoms with E-state index in [1.807, 2.05) is 61.5 Å². The zero-order valence-corrected chi connectivity index (χ0v) is 17.3. The van der Waals surface area contributed by atoms with E-state index in [-0.39, 0.29) is 11.9 Å². The second kappa shape index (κ2) is 8.28. The molecule has 0 saturated carbocycles. The molecule has 1 heterocycles. The van der Waals surface area contributed by atoms with Gasteiger partial charge in [-0.1, -0.05) is 54.1 Å². The molecule has 0 bridgehead atoms. The van der Waals surface area contributed by atoms with Crippen LogP contribution in [-0.2, 0) is 11.2 Å². The Morgan fingerprint density at radius 2 is 1.90 bits per heavy atom. The van der Waals surface area contributed by atoms with Gasteiger partial charge in [-0.3, -0.25) is 14.6 Å². The maximum atomic E-state index is 13.8. The molecule has 0 spiro atoms. The summed E-state index contributed by atoms with van der Waals surface area (Å²) in [6, 6.07) is 17.2. The van der Waals surface area contributed by atoms with Crippen LogP contribution in [0.1, 0.15) is 51.2 Å². The summed E-state index contributed by atoms with van der Waals surface area (Å²) >= 11 is 6.27. The summed E-state index contributed by atoms with van der Waals surface area (Å²) in [7, 11) is 0. The zero-order chi connectivity index (χ0) is 21.3. The van der Waals surface area contributed by atoms with E-state index in [4.69, 9.17) is 17.3 Å². The van der Waals surface area contributed by atoms with Crippen LogP contribution in [0.3, 0.4) is 0 Å². The Morgan fingerprint density at radius 3 is 2.60 bits per heavy atom. The summed E-state index contributed by atoms with van der Waals surface area (Å²) < 4.78 is 0. The molecule has 30 heavy (non-hydrogen) atoms. The maximum Gasteiger partial charge on any atom is 0.274 e. The molecule has 0 radical (unpaired) electrons. The lowest BCUT2D eigenvalue weighted by atomic mass is 9.98. The smallest absolute Gasteiger partial charge is 0.274 e. The van der Waals surface area contributed by atoms with Crippen molar-refractivity contribution in [3.05, 3.63) is 99.8 Å². The fourth-order valence-electron chi connectivity index (χ4n) is 4.21. The van der Waals surface area contributed by atoms with Gasteiger partial charge in [-0.05, 0) is 60.2 Å². The Kier molecular flexibility index (Phi) is 5.55. The molecular weight excluding hydrogens is 398 g/mol. The minimum Gasteiger partial charge on any atom is -0.368 e. The number of primary amides is 1. The highest BCUT2D eigenvalue weighted by molar-refractivity contribution is 6.30. The Bertz CT molecular complexity index is 1100. The first-order chi connectivity index (χ1) is 14.5. The molecule has 0 saturated heterocycles. The number of nitrogens with zero attached hydrogens (tertiary/aromatic N) is 2. The van der Waals surface area contributed by atoms with E-state index >= 15 is 0 Å². The van der Waals surface area contributed by atoms with Crippen molar-refractivity contribution in [3.63, 3.8) is 0 Å². The van der Waals surface area contributed by atoms with Crippen molar-refractivity contribution >= 4 is 23.4 Å². The molecule has 1 aromatic heterocycles. The quantitative estimate of drug-likeness (QED) is 0.665. The van der Waals surface area contributed by atoms with Crippen LogP contribution in [0, 0.1) is 6.92 Å². The van der Waals surface area contributed by atoms with Crippen LogP contribution >= 0.6 is 11.6 Å². The molecule has 4 rings (SSSR count). The van der Waals surface area contributed by atoms with Crippen molar-refractivity contribution in [2.24, 2.45) is 5.73 Å². The number of nitrogens with two attached hydrogens (primary N) is 1. The molecule has 2 atom stereocenters. The van der Waals surface area contributed by atoms with Crippen LogP contribution in [0.4, 0.5) is 0 Å². The lowest BCUT2D eigenvalue weighted by molar-refractivity contribution is -0.123. The first-order valence-electron chi connectivity index (χ1n) is 9.84. The SMILES string of the molecule is Cc1cccnc1C(=O)N([C@@H]1CCc2ccc(Cl)cc21)[C@@H](C(N)=O)c1ccccc1. The van der Waals surface area contributed by atoms with Crippen molar-refractivity contribution in [1.82, 2.24) is 9.88 Å². The molecule has 1 aliphatic rings. The molecule has 152 valence electrons. The Morgan fingerprint density at radius 1 is 1.13 bits per heavy atom. The topological polar surface area (TPSA) is 76.3 Å². The van der Waals surface area contributed by atoms with Gasteiger partial charge in [0, 0.05) is 11.2 Å². The van der Waals surface area contributed by atoms with Crippen molar-refractivity contribution < 1.29 is 9.59 Å². The van der Waals surface area contributed by atoms with E-state index in [1.165, 1.54) is 0 Å².